The molecule has 1 saturated carbocycles. The van der Waals surface area contributed by atoms with Crippen molar-refractivity contribution in [1.82, 2.24) is 5.32 Å². The van der Waals surface area contributed by atoms with Gasteiger partial charge in [-0.1, -0.05) is 37.1 Å². The summed E-state index contributed by atoms with van der Waals surface area (Å²) in [6, 6.07) is 17.7. The summed E-state index contributed by atoms with van der Waals surface area (Å²) in [4.78, 5) is 2.57. The van der Waals surface area contributed by atoms with Crippen molar-refractivity contribution in [3.8, 4) is 6.07 Å². The lowest BCUT2D eigenvalue weighted by Gasteiger charge is -2.31. The number of benzene rings is 2. The first kappa shape index (κ1) is 22.1. The second-order valence-electron chi connectivity index (χ2n) is 10.8. The number of nitrogens with one attached hydrogen (secondary N) is 1. The van der Waals surface area contributed by atoms with Gasteiger partial charge in [-0.25, -0.2) is 0 Å². The molecule has 1 N–H and O–H groups in total. The molecule has 1 unspecified atom stereocenters. The Kier molecular flexibility index (Phi) is 6.19. The first-order valence-electron chi connectivity index (χ1n) is 12.9. The van der Waals surface area contributed by atoms with Crippen LogP contribution in [0.25, 0.3) is 0 Å². The lowest BCUT2D eigenvalue weighted by molar-refractivity contribution is 0.416. The van der Waals surface area contributed by atoms with Crippen LogP contribution in [0.15, 0.2) is 53.7 Å². The summed E-state index contributed by atoms with van der Waals surface area (Å²) < 4.78 is 0. The molecular formula is C30H37N3. The Hall–Kier alpha value is -2.73. The largest absolute Gasteiger partial charge is 0.384 e. The first-order chi connectivity index (χ1) is 16.1. The van der Waals surface area contributed by atoms with Gasteiger partial charge in [-0.3, -0.25) is 0 Å². The lowest BCUT2D eigenvalue weighted by atomic mass is 9.78. The monoisotopic (exact) mass is 439 g/mol. The highest BCUT2D eigenvalue weighted by molar-refractivity contribution is 5.54. The fourth-order valence-electron chi connectivity index (χ4n) is 5.92. The Balaban J connectivity index is 1.36. The molecule has 2 aliphatic carbocycles. The van der Waals surface area contributed by atoms with Gasteiger partial charge >= 0.3 is 0 Å². The van der Waals surface area contributed by atoms with Gasteiger partial charge in [-0.05, 0) is 98.7 Å². The summed E-state index contributed by atoms with van der Waals surface area (Å²) in [6.45, 7) is 7.74. The Morgan fingerprint density at radius 3 is 2.55 bits per heavy atom. The molecular weight excluding hydrogens is 402 g/mol. The molecule has 2 aromatic carbocycles. The Morgan fingerprint density at radius 2 is 1.85 bits per heavy atom. The van der Waals surface area contributed by atoms with E-state index in [9.17, 15) is 0 Å². The average molecular weight is 440 g/mol. The summed E-state index contributed by atoms with van der Waals surface area (Å²) in [7, 11) is 0. The van der Waals surface area contributed by atoms with Gasteiger partial charge < -0.3 is 10.2 Å². The first-order valence-corrected chi connectivity index (χ1v) is 12.9. The zero-order valence-electron chi connectivity index (χ0n) is 20.3. The number of allylic oxidation sites excluding steroid dienone is 2. The van der Waals surface area contributed by atoms with Crippen molar-refractivity contribution in [1.29, 1.82) is 5.26 Å². The third-order valence-electron chi connectivity index (χ3n) is 8.46. The topological polar surface area (TPSA) is 39.1 Å². The van der Waals surface area contributed by atoms with Crippen LogP contribution in [0.5, 0.6) is 0 Å². The van der Waals surface area contributed by atoms with Crippen molar-refractivity contribution >= 4 is 5.69 Å². The zero-order chi connectivity index (χ0) is 22.8. The number of hydrogen-bond donors (Lipinski definition) is 1. The molecule has 1 aliphatic heterocycles. The average Bonchev–Trinajstić information content (AvgIpc) is 3.21. The van der Waals surface area contributed by atoms with Crippen LogP contribution in [0.4, 0.5) is 5.69 Å². The molecule has 0 aromatic heterocycles. The third kappa shape index (κ3) is 4.54. The van der Waals surface area contributed by atoms with E-state index in [-0.39, 0.29) is 5.41 Å². The van der Waals surface area contributed by atoms with Crippen molar-refractivity contribution in [2.24, 2.45) is 0 Å². The molecule has 3 nitrogen and oxygen atoms in total. The van der Waals surface area contributed by atoms with Gasteiger partial charge in [0.2, 0.25) is 0 Å². The molecule has 0 spiro atoms. The van der Waals surface area contributed by atoms with Crippen molar-refractivity contribution in [3.63, 3.8) is 0 Å². The van der Waals surface area contributed by atoms with Gasteiger partial charge in [0, 0.05) is 36.4 Å². The minimum absolute atomic E-state index is 0.128. The van der Waals surface area contributed by atoms with E-state index in [0.717, 1.165) is 37.5 Å². The molecule has 2 aromatic rings. The molecule has 0 radical (unpaired) electrons. The van der Waals surface area contributed by atoms with Gasteiger partial charge in [0.05, 0.1) is 11.6 Å². The van der Waals surface area contributed by atoms with Gasteiger partial charge in [-0.15, -0.1) is 0 Å². The smallest absolute Gasteiger partial charge is 0.0991 e. The maximum atomic E-state index is 9.13. The second-order valence-corrected chi connectivity index (χ2v) is 10.8. The number of hydrogen-bond acceptors (Lipinski definition) is 3. The molecule has 3 heteroatoms. The minimum atomic E-state index is 0.128. The normalized spacial score (nSPS) is 23.4. The van der Waals surface area contributed by atoms with Crippen molar-refractivity contribution in [2.45, 2.75) is 83.1 Å². The molecule has 5 rings (SSSR count). The summed E-state index contributed by atoms with van der Waals surface area (Å²) in [5.41, 5.74) is 9.68. The highest BCUT2D eigenvalue weighted by atomic mass is 15.2. The number of anilines is 1. The molecule has 1 saturated heterocycles. The van der Waals surface area contributed by atoms with Crippen molar-refractivity contribution in [2.75, 3.05) is 18.0 Å². The second kappa shape index (κ2) is 9.26. The van der Waals surface area contributed by atoms with Gasteiger partial charge in [0.15, 0.2) is 0 Å². The van der Waals surface area contributed by atoms with Crippen LogP contribution in [0, 0.1) is 11.3 Å². The van der Waals surface area contributed by atoms with Crippen LogP contribution >= 0.6 is 0 Å². The Labute approximate surface area is 199 Å². The van der Waals surface area contributed by atoms with Crippen LogP contribution < -0.4 is 10.2 Å². The van der Waals surface area contributed by atoms with Gasteiger partial charge in [0.25, 0.3) is 0 Å². The van der Waals surface area contributed by atoms with Crippen LogP contribution in [0.2, 0.25) is 0 Å². The maximum absolute atomic E-state index is 9.13. The highest BCUT2D eigenvalue weighted by Gasteiger charge is 2.35. The number of nitrogens with zero attached hydrogens (tertiary/aromatic N) is 2. The molecule has 172 valence electrons. The van der Waals surface area contributed by atoms with Crippen LogP contribution in [0.3, 0.4) is 0 Å². The van der Waals surface area contributed by atoms with Crippen LogP contribution in [-0.4, -0.2) is 13.1 Å². The lowest BCUT2D eigenvalue weighted by Crippen LogP contribution is -2.28. The van der Waals surface area contributed by atoms with E-state index >= 15 is 0 Å². The number of rotatable bonds is 6. The van der Waals surface area contributed by atoms with E-state index in [1.54, 1.807) is 11.1 Å². The molecule has 0 amide bonds. The standard InChI is InChI=1S/C30H37N3/c1-22-6-3-4-9-29(22)32-20-25-18-27(14-15-28(25)24-7-5-8-24)33-17-16-30(2,21-33)26-12-10-23(19-31)11-13-26/h10-15,18,24,32H,3-9,16-17,20-21H2,1-2H3. The fourth-order valence-corrected chi connectivity index (χ4v) is 5.92. The minimum Gasteiger partial charge on any atom is -0.384 e. The van der Waals surface area contributed by atoms with Crippen molar-refractivity contribution in [3.05, 3.63) is 76.0 Å². The fraction of sp³-hybridized carbons (Fsp3) is 0.500. The van der Waals surface area contributed by atoms with Crippen LogP contribution in [-0.2, 0) is 12.0 Å². The van der Waals surface area contributed by atoms with Crippen LogP contribution in [0.1, 0.15) is 93.4 Å². The summed E-state index contributed by atoms with van der Waals surface area (Å²) in [5, 5.41) is 13.0. The molecule has 2 fully saturated rings. The predicted octanol–water partition coefficient (Wildman–Crippen LogP) is 6.93. The van der Waals surface area contributed by atoms with E-state index in [4.69, 9.17) is 5.26 Å². The van der Waals surface area contributed by atoms with E-state index in [2.05, 4.69) is 60.5 Å². The SMILES string of the molecule is CC1=C(NCc2cc(N3CCC(C)(c4ccc(C#N)cc4)C3)ccc2C2CCC2)CCCC1. The molecule has 1 heterocycles. The Bertz CT molecular complexity index is 1070. The van der Waals surface area contributed by atoms with E-state index < -0.39 is 0 Å². The zero-order valence-corrected chi connectivity index (χ0v) is 20.3. The number of nitriles is 1. The summed E-state index contributed by atoms with van der Waals surface area (Å²) >= 11 is 0. The van der Waals surface area contributed by atoms with Gasteiger partial charge in [-0.2, -0.15) is 5.26 Å². The summed E-state index contributed by atoms with van der Waals surface area (Å²) in [5.74, 6) is 0.750. The quantitative estimate of drug-likeness (QED) is 0.530. The molecule has 1 atom stereocenters. The highest BCUT2D eigenvalue weighted by Crippen LogP contribution is 2.41. The summed E-state index contributed by atoms with van der Waals surface area (Å²) in [6.07, 6.45) is 10.3. The molecule has 33 heavy (non-hydrogen) atoms. The Morgan fingerprint density at radius 1 is 1.06 bits per heavy atom. The predicted molar refractivity (Wildman–Crippen MR) is 136 cm³/mol. The van der Waals surface area contributed by atoms with E-state index in [1.807, 2.05) is 12.1 Å². The third-order valence-corrected chi connectivity index (χ3v) is 8.46. The maximum Gasteiger partial charge on any atom is 0.0991 e. The van der Waals surface area contributed by atoms with Crippen molar-refractivity contribution < 1.29 is 0 Å². The molecule has 3 aliphatic rings. The van der Waals surface area contributed by atoms with E-state index in [1.165, 1.54) is 67.5 Å². The van der Waals surface area contributed by atoms with Gasteiger partial charge in [0.1, 0.15) is 0 Å². The molecule has 0 bridgehead atoms. The van der Waals surface area contributed by atoms with E-state index in [0.29, 0.717) is 0 Å².